The Labute approximate surface area is 250 Å². The maximum Gasteiger partial charge on any atom is 0.224 e. The largest absolute Gasteiger partial charge is 0.381 e. The SMILES string of the molecule is CCCCCCCCCCCCOCC1COC(COCCCCCCC[n+]2ccsc2)C1.Cc1ccccc1. The minimum absolute atomic E-state index is 0.276. The summed E-state index contributed by atoms with van der Waals surface area (Å²) < 4.78 is 20.0. The van der Waals surface area contributed by atoms with E-state index in [-0.39, 0.29) is 6.10 Å². The first-order valence-corrected chi connectivity index (χ1v) is 17.4. The van der Waals surface area contributed by atoms with Gasteiger partial charge in [-0.05, 0) is 32.6 Å². The van der Waals surface area contributed by atoms with Crippen LogP contribution in [0.4, 0.5) is 0 Å². The minimum atomic E-state index is 0.276. The van der Waals surface area contributed by atoms with Crippen LogP contribution in [-0.4, -0.2) is 39.1 Å². The van der Waals surface area contributed by atoms with E-state index in [1.807, 2.05) is 18.2 Å². The summed E-state index contributed by atoms with van der Waals surface area (Å²) in [7, 11) is 0. The Hall–Kier alpha value is -1.27. The second-order valence-electron chi connectivity index (χ2n) is 11.6. The third-order valence-corrected chi connectivity index (χ3v) is 8.31. The highest BCUT2D eigenvalue weighted by Crippen LogP contribution is 2.20. The van der Waals surface area contributed by atoms with Gasteiger partial charge >= 0.3 is 0 Å². The molecule has 3 rings (SSSR count). The van der Waals surface area contributed by atoms with Crippen LogP contribution in [0, 0.1) is 12.8 Å². The zero-order chi connectivity index (χ0) is 28.4. The molecule has 1 aliphatic rings. The highest BCUT2D eigenvalue weighted by Gasteiger charge is 2.25. The first-order chi connectivity index (χ1) is 19.8. The first kappa shape index (κ1) is 34.9. The molecule has 0 saturated carbocycles. The van der Waals surface area contributed by atoms with E-state index in [0.29, 0.717) is 5.92 Å². The molecule has 2 heterocycles. The topological polar surface area (TPSA) is 31.6 Å². The van der Waals surface area contributed by atoms with Crippen molar-refractivity contribution in [2.75, 3.05) is 33.0 Å². The number of nitrogens with zero attached hydrogens (tertiary/aromatic N) is 1. The number of aromatic nitrogens is 1. The molecule has 0 amide bonds. The lowest BCUT2D eigenvalue weighted by molar-refractivity contribution is -0.692. The van der Waals surface area contributed by atoms with Gasteiger partial charge in [-0.3, -0.25) is 0 Å². The molecule has 2 unspecified atom stereocenters. The summed E-state index contributed by atoms with van der Waals surface area (Å²) in [4.78, 5) is 0. The molecule has 0 aliphatic carbocycles. The Morgan fingerprint density at radius 1 is 0.775 bits per heavy atom. The van der Waals surface area contributed by atoms with E-state index < -0.39 is 0 Å². The summed E-state index contributed by atoms with van der Waals surface area (Å²) in [6.45, 7) is 9.77. The number of ether oxygens (including phenoxy) is 3. The van der Waals surface area contributed by atoms with Crippen LogP contribution in [0.2, 0.25) is 0 Å². The fourth-order valence-electron chi connectivity index (χ4n) is 5.12. The van der Waals surface area contributed by atoms with Crippen molar-refractivity contribution >= 4 is 11.3 Å². The third kappa shape index (κ3) is 19.7. The van der Waals surface area contributed by atoms with Crippen molar-refractivity contribution in [3.05, 3.63) is 53.0 Å². The van der Waals surface area contributed by atoms with Crippen molar-refractivity contribution in [3.63, 3.8) is 0 Å². The van der Waals surface area contributed by atoms with Crippen molar-refractivity contribution < 1.29 is 18.8 Å². The zero-order valence-corrected chi connectivity index (χ0v) is 26.7. The molecule has 2 atom stereocenters. The fourth-order valence-corrected chi connectivity index (χ4v) is 5.75. The highest BCUT2D eigenvalue weighted by atomic mass is 32.1. The number of hydrogen-bond acceptors (Lipinski definition) is 4. The van der Waals surface area contributed by atoms with Gasteiger partial charge in [0.05, 0.1) is 31.3 Å². The number of benzene rings is 1. The molecular weight excluding hydrogens is 514 g/mol. The second-order valence-corrected chi connectivity index (χ2v) is 12.3. The number of hydrogen-bond donors (Lipinski definition) is 0. The standard InChI is InChI=1S/C28H52NO3S.C7H8/c1-2-3-4-5-6-7-8-9-12-15-19-30-23-27-22-28(32-24-27)25-31-20-16-13-10-11-14-17-29-18-21-33-26-29;1-7-5-3-2-4-6-7/h18,21,26-28H,2-17,19-20,22-25H2,1H3;2-6H,1H3/q+1;. The van der Waals surface area contributed by atoms with E-state index in [9.17, 15) is 0 Å². The summed E-state index contributed by atoms with van der Waals surface area (Å²) >= 11 is 1.77. The number of rotatable bonds is 23. The highest BCUT2D eigenvalue weighted by molar-refractivity contribution is 7.07. The van der Waals surface area contributed by atoms with Gasteiger partial charge in [0, 0.05) is 25.6 Å². The molecule has 0 spiro atoms. The summed E-state index contributed by atoms with van der Waals surface area (Å²) in [5, 5.41) is 2.14. The maximum atomic E-state index is 5.93. The average molecular weight is 575 g/mol. The average Bonchev–Trinajstić information content (AvgIpc) is 3.66. The Morgan fingerprint density at radius 3 is 1.95 bits per heavy atom. The fraction of sp³-hybridized carbons (Fsp3) is 0.743. The van der Waals surface area contributed by atoms with Crippen LogP contribution in [0.5, 0.6) is 0 Å². The molecule has 2 aromatic rings. The zero-order valence-electron chi connectivity index (χ0n) is 25.9. The van der Waals surface area contributed by atoms with Gasteiger partial charge in [0.25, 0.3) is 0 Å². The maximum absolute atomic E-state index is 5.93. The molecule has 1 aromatic carbocycles. The Balaban J connectivity index is 0.000000693. The summed E-state index contributed by atoms with van der Waals surface area (Å²) in [6, 6.07) is 10.3. The summed E-state index contributed by atoms with van der Waals surface area (Å²) in [5.74, 6) is 0.558. The molecule has 1 aromatic heterocycles. The van der Waals surface area contributed by atoms with Crippen LogP contribution < -0.4 is 4.57 Å². The van der Waals surface area contributed by atoms with Crippen molar-refractivity contribution in [1.29, 1.82) is 0 Å². The lowest BCUT2D eigenvalue weighted by Crippen LogP contribution is -2.29. The van der Waals surface area contributed by atoms with Crippen molar-refractivity contribution in [2.24, 2.45) is 5.92 Å². The van der Waals surface area contributed by atoms with Crippen LogP contribution in [0.3, 0.4) is 0 Å². The smallest absolute Gasteiger partial charge is 0.224 e. The monoisotopic (exact) mass is 574 g/mol. The second kappa shape index (κ2) is 25.4. The van der Waals surface area contributed by atoms with E-state index in [0.717, 1.165) is 46.0 Å². The van der Waals surface area contributed by atoms with Gasteiger partial charge in [-0.2, -0.15) is 4.57 Å². The Bertz CT molecular complexity index is 770. The quantitative estimate of drug-likeness (QED) is 0.0979. The van der Waals surface area contributed by atoms with Crippen LogP contribution in [0.15, 0.2) is 47.4 Å². The van der Waals surface area contributed by atoms with Gasteiger partial charge in [0.15, 0.2) is 6.20 Å². The minimum Gasteiger partial charge on any atom is -0.381 e. The summed E-state index contributed by atoms with van der Waals surface area (Å²) in [5.41, 5.74) is 3.51. The predicted molar refractivity (Wildman–Crippen MR) is 170 cm³/mol. The lowest BCUT2D eigenvalue weighted by atomic mass is 10.1. The number of thiazole rings is 1. The summed E-state index contributed by atoms with van der Waals surface area (Å²) in [6.07, 6.45) is 23.7. The molecule has 0 bridgehead atoms. The van der Waals surface area contributed by atoms with E-state index in [1.54, 1.807) is 11.3 Å². The van der Waals surface area contributed by atoms with Crippen LogP contribution in [0.25, 0.3) is 0 Å². The first-order valence-electron chi connectivity index (χ1n) is 16.5. The van der Waals surface area contributed by atoms with E-state index in [4.69, 9.17) is 14.2 Å². The molecule has 0 N–H and O–H groups in total. The van der Waals surface area contributed by atoms with Crippen LogP contribution >= 0.6 is 11.3 Å². The number of aryl methyl sites for hydroxylation is 2. The Kier molecular flexibility index (Phi) is 22.2. The van der Waals surface area contributed by atoms with Crippen molar-refractivity contribution in [3.8, 4) is 0 Å². The van der Waals surface area contributed by atoms with Gasteiger partial charge in [-0.15, -0.1) is 0 Å². The van der Waals surface area contributed by atoms with Crippen LogP contribution in [0.1, 0.15) is 115 Å². The normalized spacial score (nSPS) is 16.6. The predicted octanol–water partition coefficient (Wildman–Crippen LogP) is 9.34. The molecule has 1 fully saturated rings. The molecule has 228 valence electrons. The van der Waals surface area contributed by atoms with Gasteiger partial charge in [0.2, 0.25) is 5.51 Å². The van der Waals surface area contributed by atoms with E-state index in [2.05, 4.69) is 47.6 Å². The molecule has 5 heteroatoms. The van der Waals surface area contributed by atoms with Gasteiger partial charge in [0.1, 0.15) is 6.54 Å². The molecule has 40 heavy (non-hydrogen) atoms. The molecule has 0 radical (unpaired) electrons. The van der Waals surface area contributed by atoms with Crippen molar-refractivity contribution in [2.45, 2.75) is 129 Å². The molecular formula is C35H60NO3S+. The van der Waals surface area contributed by atoms with E-state index in [1.165, 1.54) is 102 Å². The number of unbranched alkanes of at least 4 members (excludes halogenated alkanes) is 13. The van der Waals surface area contributed by atoms with Crippen LogP contribution in [-0.2, 0) is 20.8 Å². The van der Waals surface area contributed by atoms with Gasteiger partial charge in [-0.1, -0.05) is 125 Å². The lowest BCUT2D eigenvalue weighted by Gasteiger charge is -2.11. The van der Waals surface area contributed by atoms with E-state index >= 15 is 0 Å². The molecule has 1 saturated heterocycles. The molecule has 1 aliphatic heterocycles. The van der Waals surface area contributed by atoms with Crippen molar-refractivity contribution in [1.82, 2.24) is 0 Å². The Morgan fingerprint density at radius 2 is 1.38 bits per heavy atom. The van der Waals surface area contributed by atoms with Gasteiger partial charge < -0.3 is 14.2 Å². The molecule has 4 nitrogen and oxygen atoms in total. The van der Waals surface area contributed by atoms with Gasteiger partial charge in [-0.25, -0.2) is 0 Å². The third-order valence-electron chi connectivity index (χ3n) is 7.64.